The molecule has 2 heterocycles. The molecular weight excluding hydrogens is 419 g/mol. The molecule has 0 radical (unpaired) electrons. The number of nitrogens with zero attached hydrogens (tertiary/aromatic N) is 2. The van der Waals surface area contributed by atoms with Gasteiger partial charge < -0.3 is 15.5 Å². The fourth-order valence-electron chi connectivity index (χ4n) is 2.49. The summed E-state index contributed by atoms with van der Waals surface area (Å²) in [5, 5.41) is 5.79. The molecule has 1 aromatic heterocycles. The first-order valence-corrected chi connectivity index (χ1v) is 8.24. The first-order valence-electron chi connectivity index (χ1n) is 7.45. The number of amides is 2. The number of likely N-dealkylation sites (tertiary alicyclic amines) is 1. The highest BCUT2D eigenvalue weighted by Crippen LogP contribution is 2.19. The van der Waals surface area contributed by atoms with Gasteiger partial charge in [-0.3, -0.25) is 9.59 Å². The molecule has 6 nitrogen and oxygen atoms in total. The number of pyridine rings is 1. The van der Waals surface area contributed by atoms with Gasteiger partial charge in [-0.25, -0.2) is 4.98 Å². The summed E-state index contributed by atoms with van der Waals surface area (Å²) < 4.78 is 0.865. The van der Waals surface area contributed by atoms with Crippen molar-refractivity contribution in [2.45, 2.75) is 19.3 Å². The van der Waals surface area contributed by atoms with Crippen LogP contribution in [0, 0.1) is 5.92 Å². The normalized spacial score (nSPS) is 16.6. The van der Waals surface area contributed by atoms with Gasteiger partial charge in [-0.2, -0.15) is 0 Å². The number of piperidine rings is 1. The van der Waals surface area contributed by atoms with Gasteiger partial charge in [0.15, 0.2) is 0 Å². The van der Waals surface area contributed by atoms with E-state index < -0.39 is 0 Å². The van der Waals surface area contributed by atoms with E-state index in [2.05, 4.69) is 31.5 Å². The minimum atomic E-state index is -0.169. The summed E-state index contributed by atoms with van der Waals surface area (Å²) in [6.07, 6.45) is 3.78. The Labute approximate surface area is 163 Å². The third-order valence-corrected chi connectivity index (χ3v) is 4.18. The van der Waals surface area contributed by atoms with Gasteiger partial charge in [0.1, 0.15) is 5.82 Å². The summed E-state index contributed by atoms with van der Waals surface area (Å²) in [5.41, 5.74) is 0. The Bertz CT molecular complexity index is 531. The monoisotopic (exact) mass is 440 g/mol. The van der Waals surface area contributed by atoms with Crippen molar-refractivity contribution in [3.63, 3.8) is 0 Å². The van der Waals surface area contributed by atoms with Gasteiger partial charge in [-0.05, 0) is 48.0 Å². The maximum Gasteiger partial charge on any atom is 0.230 e. The SMILES string of the molecule is CNCCC(=O)N1CCCC(C(=O)Nc2ccc(Br)cn2)C1.Cl.Cl. The van der Waals surface area contributed by atoms with E-state index in [0.717, 1.165) is 23.9 Å². The van der Waals surface area contributed by atoms with E-state index in [1.54, 1.807) is 17.2 Å². The van der Waals surface area contributed by atoms with Gasteiger partial charge in [0.2, 0.25) is 11.8 Å². The van der Waals surface area contributed by atoms with Crippen LogP contribution in [0.3, 0.4) is 0 Å². The van der Waals surface area contributed by atoms with Crippen LogP contribution >= 0.6 is 40.7 Å². The Balaban J connectivity index is 0.00000264. The predicted molar refractivity (Wildman–Crippen MR) is 103 cm³/mol. The fourth-order valence-corrected chi connectivity index (χ4v) is 2.72. The fraction of sp³-hybridized carbons (Fsp3) is 0.533. The van der Waals surface area contributed by atoms with Crippen molar-refractivity contribution in [3.05, 3.63) is 22.8 Å². The summed E-state index contributed by atoms with van der Waals surface area (Å²) in [4.78, 5) is 30.3. The van der Waals surface area contributed by atoms with Crippen LogP contribution in [0.15, 0.2) is 22.8 Å². The number of halogens is 3. The summed E-state index contributed by atoms with van der Waals surface area (Å²) >= 11 is 3.31. The number of nitrogens with one attached hydrogen (secondary N) is 2. The topological polar surface area (TPSA) is 74.3 Å². The molecule has 2 amide bonds. The molecule has 0 aromatic carbocycles. The lowest BCUT2D eigenvalue weighted by molar-refractivity contribution is -0.134. The Hall–Kier alpha value is -0.890. The van der Waals surface area contributed by atoms with E-state index in [1.165, 1.54) is 0 Å². The number of anilines is 1. The van der Waals surface area contributed by atoms with Crippen LogP contribution < -0.4 is 10.6 Å². The molecule has 1 atom stereocenters. The molecule has 1 aliphatic heterocycles. The minimum absolute atomic E-state index is 0. The van der Waals surface area contributed by atoms with Gasteiger partial charge >= 0.3 is 0 Å². The Morgan fingerprint density at radius 1 is 1.38 bits per heavy atom. The van der Waals surface area contributed by atoms with E-state index >= 15 is 0 Å². The van der Waals surface area contributed by atoms with Crippen LogP contribution in [0.25, 0.3) is 0 Å². The molecule has 0 aliphatic carbocycles. The van der Waals surface area contributed by atoms with E-state index in [0.29, 0.717) is 25.3 Å². The van der Waals surface area contributed by atoms with Gasteiger partial charge in [0, 0.05) is 36.7 Å². The van der Waals surface area contributed by atoms with E-state index in [9.17, 15) is 9.59 Å². The van der Waals surface area contributed by atoms with Crippen molar-refractivity contribution in [1.29, 1.82) is 0 Å². The molecule has 1 unspecified atom stereocenters. The lowest BCUT2D eigenvalue weighted by Crippen LogP contribution is -2.44. The van der Waals surface area contributed by atoms with Crippen LogP contribution in [-0.2, 0) is 9.59 Å². The lowest BCUT2D eigenvalue weighted by atomic mass is 9.97. The number of aromatic nitrogens is 1. The molecule has 1 aliphatic rings. The molecule has 2 rings (SSSR count). The van der Waals surface area contributed by atoms with Gasteiger partial charge in [0.25, 0.3) is 0 Å². The Kier molecular flexibility index (Phi) is 11.2. The second-order valence-electron chi connectivity index (χ2n) is 5.38. The molecule has 2 N–H and O–H groups in total. The quantitative estimate of drug-likeness (QED) is 0.735. The van der Waals surface area contributed by atoms with Crippen LogP contribution in [0.5, 0.6) is 0 Å². The van der Waals surface area contributed by atoms with Crippen molar-refractivity contribution >= 4 is 58.4 Å². The summed E-state index contributed by atoms with van der Waals surface area (Å²) in [7, 11) is 1.82. The minimum Gasteiger partial charge on any atom is -0.342 e. The van der Waals surface area contributed by atoms with Crippen molar-refractivity contribution in [2.75, 3.05) is 32.0 Å². The zero-order valence-electron chi connectivity index (χ0n) is 13.5. The predicted octanol–water partition coefficient (Wildman–Crippen LogP) is 2.47. The first-order chi connectivity index (χ1) is 10.6. The highest BCUT2D eigenvalue weighted by Gasteiger charge is 2.28. The summed E-state index contributed by atoms with van der Waals surface area (Å²) in [6, 6.07) is 3.58. The van der Waals surface area contributed by atoms with E-state index in [-0.39, 0.29) is 42.5 Å². The number of rotatable bonds is 5. The number of carbonyl (C=O) groups is 2. The largest absolute Gasteiger partial charge is 0.342 e. The van der Waals surface area contributed by atoms with Crippen molar-refractivity contribution in [2.24, 2.45) is 5.92 Å². The van der Waals surface area contributed by atoms with Gasteiger partial charge in [-0.15, -0.1) is 24.8 Å². The Morgan fingerprint density at radius 2 is 2.12 bits per heavy atom. The van der Waals surface area contributed by atoms with Gasteiger partial charge in [-0.1, -0.05) is 0 Å². The van der Waals surface area contributed by atoms with Gasteiger partial charge in [0.05, 0.1) is 5.92 Å². The molecular formula is C15H23BrCl2N4O2. The zero-order valence-corrected chi connectivity index (χ0v) is 16.7. The highest BCUT2D eigenvalue weighted by atomic mass is 79.9. The molecule has 136 valence electrons. The first kappa shape index (κ1) is 23.1. The molecule has 9 heteroatoms. The molecule has 0 saturated carbocycles. The van der Waals surface area contributed by atoms with Crippen LogP contribution in [0.2, 0.25) is 0 Å². The van der Waals surface area contributed by atoms with Crippen molar-refractivity contribution < 1.29 is 9.59 Å². The second-order valence-corrected chi connectivity index (χ2v) is 6.30. The van der Waals surface area contributed by atoms with Crippen LogP contribution in [-0.4, -0.2) is 48.4 Å². The summed E-state index contributed by atoms with van der Waals surface area (Å²) in [5.74, 6) is 0.402. The third kappa shape index (κ3) is 6.93. The van der Waals surface area contributed by atoms with Crippen LogP contribution in [0.4, 0.5) is 5.82 Å². The Morgan fingerprint density at radius 3 is 2.75 bits per heavy atom. The second kappa shape index (κ2) is 11.6. The average molecular weight is 442 g/mol. The van der Waals surface area contributed by atoms with Crippen molar-refractivity contribution in [3.8, 4) is 0 Å². The number of carbonyl (C=O) groups excluding carboxylic acids is 2. The van der Waals surface area contributed by atoms with E-state index in [1.807, 2.05) is 13.1 Å². The third-order valence-electron chi connectivity index (χ3n) is 3.71. The zero-order chi connectivity index (χ0) is 15.9. The molecule has 1 fully saturated rings. The van der Waals surface area contributed by atoms with Crippen LogP contribution in [0.1, 0.15) is 19.3 Å². The number of hydrogen-bond acceptors (Lipinski definition) is 4. The molecule has 24 heavy (non-hydrogen) atoms. The molecule has 0 spiro atoms. The smallest absolute Gasteiger partial charge is 0.230 e. The molecule has 1 saturated heterocycles. The van der Waals surface area contributed by atoms with E-state index in [4.69, 9.17) is 0 Å². The standard InChI is InChI=1S/C15H21BrN4O2.2ClH/c1-17-7-6-14(21)20-8-2-3-11(10-20)15(22)19-13-5-4-12(16)9-18-13;;/h4-5,9,11,17H,2-3,6-8,10H2,1H3,(H,18,19,22);2*1H. The number of hydrogen-bond donors (Lipinski definition) is 2. The highest BCUT2D eigenvalue weighted by molar-refractivity contribution is 9.10. The summed E-state index contributed by atoms with van der Waals surface area (Å²) in [6.45, 7) is 1.89. The maximum atomic E-state index is 12.3. The maximum absolute atomic E-state index is 12.3. The lowest BCUT2D eigenvalue weighted by Gasteiger charge is -2.32. The average Bonchev–Trinajstić information content (AvgIpc) is 2.54. The molecule has 1 aromatic rings. The molecule has 0 bridgehead atoms. The van der Waals surface area contributed by atoms with Crippen molar-refractivity contribution in [1.82, 2.24) is 15.2 Å².